The first-order chi connectivity index (χ1) is 7.13. The third kappa shape index (κ3) is 1.63. The minimum absolute atomic E-state index is 0.0948. The maximum atomic E-state index is 11.3. The SMILES string of the molecule is Cc1c(CCN)cc2c(c1C)NC(=O)C2. The molecule has 3 heteroatoms. The van der Waals surface area contributed by atoms with Crippen LogP contribution in [0.3, 0.4) is 0 Å². The maximum absolute atomic E-state index is 11.3. The molecule has 3 nitrogen and oxygen atoms in total. The Morgan fingerprint density at radius 3 is 2.80 bits per heavy atom. The van der Waals surface area contributed by atoms with E-state index in [0.717, 1.165) is 17.7 Å². The van der Waals surface area contributed by atoms with Crippen LogP contribution in [0.15, 0.2) is 6.07 Å². The summed E-state index contributed by atoms with van der Waals surface area (Å²) in [6, 6.07) is 2.11. The van der Waals surface area contributed by atoms with E-state index in [9.17, 15) is 4.79 Å². The van der Waals surface area contributed by atoms with E-state index in [1.807, 2.05) is 0 Å². The third-order valence-corrected chi connectivity index (χ3v) is 3.12. The van der Waals surface area contributed by atoms with Crippen molar-refractivity contribution in [2.45, 2.75) is 26.7 Å². The Morgan fingerprint density at radius 1 is 1.40 bits per heavy atom. The minimum Gasteiger partial charge on any atom is -0.330 e. The van der Waals surface area contributed by atoms with Gasteiger partial charge in [-0.2, -0.15) is 0 Å². The van der Waals surface area contributed by atoms with E-state index in [-0.39, 0.29) is 5.91 Å². The van der Waals surface area contributed by atoms with Gasteiger partial charge in [0.05, 0.1) is 6.42 Å². The zero-order chi connectivity index (χ0) is 11.0. The number of nitrogens with two attached hydrogens (primary N) is 1. The predicted octanol–water partition coefficient (Wildman–Crippen LogP) is 1.30. The Bertz CT molecular complexity index is 424. The molecule has 1 aromatic rings. The van der Waals surface area contributed by atoms with Crippen LogP contribution in [0.5, 0.6) is 0 Å². The van der Waals surface area contributed by atoms with Gasteiger partial charge < -0.3 is 11.1 Å². The lowest BCUT2D eigenvalue weighted by Crippen LogP contribution is -2.06. The largest absolute Gasteiger partial charge is 0.330 e. The molecule has 0 aliphatic carbocycles. The lowest BCUT2D eigenvalue weighted by Gasteiger charge is -2.12. The summed E-state index contributed by atoms with van der Waals surface area (Å²) in [5.41, 5.74) is 11.4. The van der Waals surface area contributed by atoms with E-state index in [1.165, 1.54) is 16.7 Å². The van der Waals surface area contributed by atoms with Crippen LogP contribution >= 0.6 is 0 Å². The van der Waals surface area contributed by atoms with Crippen LogP contribution in [0, 0.1) is 13.8 Å². The third-order valence-electron chi connectivity index (χ3n) is 3.12. The summed E-state index contributed by atoms with van der Waals surface area (Å²) in [4.78, 5) is 11.3. The summed E-state index contributed by atoms with van der Waals surface area (Å²) in [7, 11) is 0. The Morgan fingerprint density at radius 2 is 2.13 bits per heavy atom. The fourth-order valence-electron chi connectivity index (χ4n) is 2.15. The van der Waals surface area contributed by atoms with Crippen LogP contribution in [0.4, 0.5) is 5.69 Å². The topological polar surface area (TPSA) is 55.1 Å². The zero-order valence-corrected chi connectivity index (χ0v) is 9.18. The first-order valence-corrected chi connectivity index (χ1v) is 5.25. The van der Waals surface area contributed by atoms with Gasteiger partial charge in [0, 0.05) is 5.69 Å². The molecule has 0 saturated heterocycles. The number of rotatable bonds is 2. The molecule has 1 aromatic carbocycles. The fourth-order valence-corrected chi connectivity index (χ4v) is 2.15. The van der Waals surface area contributed by atoms with Gasteiger partial charge in [0.25, 0.3) is 0 Å². The van der Waals surface area contributed by atoms with Crippen molar-refractivity contribution in [2.24, 2.45) is 5.73 Å². The molecule has 3 N–H and O–H groups in total. The molecule has 1 heterocycles. The van der Waals surface area contributed by atoms with Crippen molar-refractivity contribution < 1.29 is 4.79 Å². The first-order valence-electron chi connectivity index (χ1n) is 5.25. The molecule has 0 unspecified atom stereocenters. The summed E-state index contributed by atoms with van der Waals surface area (Å²) in [5.74, 6) is 0.0948. The van der Waals surface area contributed by atoms with E-state index in [0.29, 0.717) is 13.0 Å². The summed E-state index contributed by atoms with van der Waals surface area (Å²) in [5, 5.41) is 2.91. The Kier molecular flexibility index (Phi) is 2.49. The number of carbonyl (C=O) groups excluding carboxylic acids is 1. The van der Waals surface area contributed by atoms with Gasteiger partial charge in [-0.3, -0.25) is 4.79 Å². The number of carbonyl (C=O) groups is 1. The molecule has 15 heavy (non-hydrogen) atoms. The van der Waals surface area contributed by atoms with E-state index >= 15 is 0 Å². The average Bonchev–Trinajstić information content (AvgIpc) is 2.56. The van der Waals surface area contributed by atoms with Crippen LogP contribution in [0.1, 0.15) is 22.3 Å². The molecule has 0 bridgehead atoms. The maximum Gasteiger partial charge on any atom is 0.228 e. The number of nitrogens with one attached hydrogen (secondary N) is 1. The molecule has 0 saturated carbocycles. The lowest BCUT2D eigenvalue weighted by atomic mass is 9.95. The van der Waals surface area contributed by atoms with Gasteiger partial charge in [-0.05, 0) is 49.1 Å². The summed E-state index contributed by atoms with van der Waals surface area (Å²) >= 11 is 0. The van der Waals surface area contributed by atoms with Gasteiger partial charge in [-0.1, -0.05) is 6.07 Å². The number of benzene rings is 1. The highest BCUT2D eigenvalue weighted by Crippen LogP contribution is 2.31. The molecule has 1 amide bonds. The van der Waals surface area contributed by atoms with Crippen molar-refractivity contribution in [3.63, 3.8) is 0 Å². The molecule has 0 radical (unpaired) electrons. The number of amides is 1. The Hall–Kier alpha value is -1.35. The van der Waals surface area contributed by atoms with Crippen LogP contribution < -0.4 is 11.1 Å². The van der Waals surface area contributed by atoms with Gasteiger partial charge in [-0.25, -0.2) is 0 Å². The molecule has 0 fully saturated rings. The van der Waals surface area contributed by atoms with Crippen LogP contribution in [0.2, 0.25) is 0 Å². The van der Waals surface area contributed by atoms with Crippen molar-refractivity contribution in [3.05, 3.63) is 28.3 Å². The van der Waals surface area contributed by atoms with Crippen molar-refractivity contribution in [2.75, 3.05) is 11.9 Å². The first kappa shape index (κ1) is 10.2. The molecular weight excluding hydrogens is 188 g/mol. The highest BCUT2D eigenvalue weighted by Gasteiger charge is 2.21. The van der Waals surface area contributed by atoms with Gasteiger partial charge in [0.1, 0.15) is 0 Å². The van der Waals surface area contributed by atoms with Crippen LogP contribution in [-0.4, -0.2) is 12.5 Å². The van der Waals surface area contributed by atoms with Crippen LogP contribution in [0.25, 0.3) is 0 Å². The molecule has 0 spiro atoms. The molecule has 1 aliphatic heterocycles. The van der Waals surface area contributed by atoms with Crippen molar-refractivity contribution in [1.82, 2.24) is 0 Å². The Labute approximate surface area is 89.7 Å². The van der Waals surface area contributed by atoms with E-state index in [2.05, 4.69) is 25.2 Å². The van der Waals surface area contributed by atoms with Gasteiger partial charge in [0.15, 0.2) is 0 Å². The molecule has 0 aromatic heterocycles. The average molecular weight is 204 g/mol. The van der Waals surface area contributed by atoms with Gasteiger partial charge >= 0.3 is 0 Å². The number of anilines is 1. The summed E-state index contributed by atoms with van der Waals surface area (Å²) < 4.78 is 0. The molecular formula is C12H16N2O. The van der Waals surface area contributed by atoms with E-state index in [1.54, 1.807) is 0 Å². The summed E-state index contributed by atoms with van der Waals surface area (Å²) in [6.07, 6.45) is 1.39. The van der Waals surface area contributed by atoms with E-state index in [4.69, 9.17) is 5.73 Å². The van der Waals surface area contributed by atoms with E-state index < -0.39 is 0 Å². The number of hydrogen-bond donors (Lipinski definition) is 2. The molecule has 2 rings (SSSR count). The highest BCUT2D eigenvalue weighted by molar-refractivity contribution is 6.00. The molecule has 0 atom stereocenters. The smallest absolute Gasteiger partial charge is 0.228 e. The van der Waals surface area contributed by atoms with Gasteiger partial charge in [-0.15, -0.1) is 0 Å². The minimum atomic E-state index is 0.0948. The second-order valence-corrected chi connectivity index (χ2v) is 4.08. The number of hydrogen-bond acceptors (Lipinski definition) is 2. The standard InChI is InChI=1S/C12H16N2O/c1-7-8(2)12-10(6-11(15)14-12)5-9(7)3-4-13/h5H,3-4,6,13H2,1-2H3,(H,14,15). The zero-order valence-electron chi connectivity index (χ0n) is 9.18. The molecule has 80 valence electrons. The van der Waals surface area contributed by atoms with Crippen molar-refractivity contribution >= 4 is 11.6 Å². The second-order valence-electron chi connectivity index (χ2n) is 4.08. The predicted molar refractivity (Wildman–Crippen MR) is 61.0 cm³/mol. The Balaban J connectivity index is 2.51. The molecule has 1 aliphatic rings. The van der Waals surface area contributed by atoms with Crippen molar-refractivity contribution in [3.8, 4) is 0 Å². The number of fused-ring (bicyclic) bond motifs is 1. The lowest BCUT2D eigenvalue weighted by molar-refractivity contribution is -0.115. The fraction of sp³-hybridized carbons (Fsp3) is 0.417. The van der Waals surface area contributed by atoms with Crippen molar-refractivity contribution in [1.29, 1.82) is 0 Å². The normalized spacial score (nSPS) is 13.9. The highest BCUT2D eigenvalue weighted by atomic mass is 16.1. The van der Waals surface area contributed by atoms with Crippen LogP contribution in [-0.2, 0) is 17.6 Å². The monoisotopic (exact) mass is 204 g/mol. The quantitative estimate of drug-likeness (QED) is 0.763. The summed E-state index contributed by atoms with van der Waals surface area (Å²) in [6.45, 7) is 4.80. The van der Waals surface area contributed by atoms with Gasteiger partial charge in [0.2, 0.25) is 5.91 Å². The second kappa shape index (κ2) is 3.66.